The molecule has 0 aliphatic carbocycles. The summed E-state index contributed by atoms with van der Waals surface area (Å²) >= 11 is 0. The Labute approximate surface area is 252 Å². The van der Waals surface area contributed by atoms with Gasteiger partial charge in [-0.25, -0.2) is 27.2 Å². The van der Waals surface area contributed by atoms with E-state index in [2.05, 4.69) is 32.4 Å². The second-order valence-corrected chi connectivity index (χ2v) is 8.91. The minimum absolute atomic E-state index is 0.00157. The number of amides is 3. The number of pyridine rings is 2. The molecule has 240 valence electrons. The largest absolute Gasteiger partial charge is 0.465 e. The Balaban J connectivity index is 2.04. The van der Waals surface area contributed by atoms with Gasteiger partial charge in [0.1, 0.15) is 17.2 Å². The van der Waals surface area contributed by atoms with E-state index >= 15 is 0 Å². The summed E-state index contributed by atoms with van der Waals surface area (Å²) in [6, 6.07) is 1.64. The molecule has 0 fully saturated rings. The number of nitrogens with zero attached hydrogens (tertiary/aromatic N) is 2. The van der Waals surface area contributed by atoms with Gasteiger partial charge in [0.15, 0.2) is 23.3 Å². The third-order valence-corrected chi connectivity index (χ3v) is 5.67. The predicted molar refractivity (Wildman–Crippen MR) is 140 cm³/mol. The smallest absolute Gasteiger partial charge is 0.405 e. The zero-order chi connectivity index (χ0) is 34.1. The molecular formula is C28H17F8N5O5. The molecular weight excluding hydrogens is 638 g/mol. The van der Waals surface area contributed by atoms with E-state index in [4.69, 9.17) is 10.2 Å². The van der Waals surface area contributed by atoms with Gasteiger partial charge in [-0.3, -0.25) is 4.79 Å². The highest BCUT2D eigenvalue weighted by Gasteiger charge is 2.22. The number of nitrogens with one attached hydrogen (secondary N) is 3. The summed E-state index contributed by atoms with van der Waals surface area (Å²) < 4.78 is 110. The molecule has 3 amide bonds. The van der Waals surface area contributed by atoms with Crippen molar-refractivity contribution in [3.8, 4) is 23.7 Å². The van der Waals surface area contributed by atoms with Crippen molar-refractivity contribution in [2.45, 2.75) is 25.3 Å². The molecule has 3 aromatic rings. The van der Waals surface area contributed by atoms with Gasteiger partial charge in [-0.2, -0.15) is 27.5 Å². The lowest BCUT2D eigenvalue weighted by atomic mass is 10.1. The van der Waals surface area contributed by atoms with Crippen molar-refractivity contribution in [2.24, 2.45) is 0 Å². The van der Waals surface area contributed by atoms with Gasteiger partial charge in [-0.1, -0.05) is 23.7 Å². The van der Waals surface area contributed by atoms with Crippen molar-refractivity contribution in [2.75, 3.05) is 11.9 Å². The minimum atomic E-state index is -2.01. The molecule has 0 aliphatic heterocycles. The fraction of sp³-hybridized carbons (Fsp3) is 0.179. The van der Waals surface area contributed by atoms with Crippen molar-refractivity contribution in [3.63, 3.8) is 0 Å². The molecule has 2 aromatic heterocycles. The number of aromatic nitrogens is 2. The normalized spacial score (nSPS) is 11.0. The fourth-order valence-corrected chi connectivity index (χ4v) is 3.62. The monoisotopic (exact) mass is 655 g/mol. The first-order chi connectivity index (χ1) is 21.7. The molecule has 0 bridgehead atoms. The van der Waals surface area contributed by atoms with E-state index in [1.807, 2.05) is 17.2 Å². The maximum atomic E-state index is 14.1. The van der Waals surface area contributed by atoms with Crippen LogP contribution in [0.25, 0.3) is 0 Å². The van der Waals surface area contributed by atoms with Crippen LogP contribution in [0.1, 0.15) is 41.5 Å². The highest BCUT2D eigenvalue weighted by molar-refractivity contribution is 5.96. The predicted octanol–water partition coefficient (Wildman–Crippen LogP) is 4.40. The number of carboxylic acid groups (broad SMARTS) is 2. The fourth-order valence-electron chi connectivity index (χ4n) is 3.62. The summed E-state index contributed by atoms with van der Waals surface area (Å²) in [6.07, 6.45) is -2.64. The van der Waals surface area contributed by atoms with Gasteiger partial charge in [0.05, 0.1) is 0 Å². The van der Waals surface area contributed by atoms with Crippen molar-refractivity contribution >= 4 is 23.8 Å². The molecule has 5 N–H and O–H groups in total. The van der Waals surface area contributed by atoms with E-state index in [1.165, 1.54) is 0 Å². The number of halogens is 8. The van der Waals surface area contributed by atoms with Gasteiger partial charge in [-0.15, -0.1) is 0 Å². The van der Waals surface area contributed by atoms with Crippen LogP contribution < -0.4 is 16.0 Å². The Morgan fingerprint density at radius 1 is 0.674 bits per heavy atom. The standard InChI is InChI=1S/C28H17F8N5O5/c29-18-15(19(30)23(34)40-22(18)33)6-4-12-9-13(5-7-16-20(31)24(35)41-25(36)21(16)32)11-14(10-12)38-26(42)17(39-28(45)46)3-1-2-8-37-27(43)44/h9-11,17,37,39H,1-3,8H2,(H,38,42)(H,43,44)(H,45,46). The molecule has 10 nitrogen and oxygen atoms in total. The SMILES string of the molecule is O=C(O)NCCCCC(NC(=O)O)C(=O)Nc1cc(C#Cc2c(F)c(F)nc(F)c2F)cc(C#Cc2c(F)c(F)nc(F)c2F)c1. The third kappa shape index (κ3) is 9.05. The average Bonchev–Trinajstić information content (AvgIpc) is 2.98. The van der Waals surface area contributed by atoms with E-state index in [9.17, 15) is 49.5 Å². The number of hydrogen-bond donors (Lipinski definition) is 5. The Morgan fingerprint density at radius 2 is 1.13 bits per heavy atom. The van der Waals surface area contributed by atoms with Gasteiger partial charge in [0.2, 0.25) is 5.91 Å². The molecule has 1 unspecified atom stereocenters. The molecule has 1 aromatic carbocycles. The number of carbonyl (C=O) groups excluding carboxylic acids is 1. The van der Waals surface area contributed by atoms with Crippen LogP contribution in [-0.2, 0) is 4.79 Å². The molecule has 1 atom stereocenters. The summed E-state index contributed by atoms with van der Waals surface area (Å²) in [6.45, 7) is -0.00157. The molecule has 0 saturated heterocycles. The molecule has 2 heterocycles. The lowest BCUT2D eigenvalue weighted by molar-refractivity contribution is -0.118. The Morgan fingerprint density at radius 3 is 1.54 bits per heavy atom. The van der Waals surface area contributed by atoms with E-state index in [0.717, 1.165) is 18.2 Å². The van der Waals surface area contributed by atoms with Crippen molar-refractivity contribution in [1.82, 2.24) is 20.6 Å². The highest BCUT2D eigenvalue weighted by atomic mass is 19.2. The number of unbranched alkanes of at least 4 members (excludes halogenated alkanes) is 1. The first-order valence-corrected chi connectivity index (χ1v) is 12.5. The lowest BCUT2D eigenvalue weighted by Gasteiger charge is -2.17. The van der Waals surface area contributed by atoms with Crippen LogP contribution in [0.2, 0.25) is 0 Å². The first kappa shape index (κ1) is 34.6. The van der Waals surface area contributed by atoms with Gasteiger partial charge in [-0.05, 0) is 37.5 Å². The van der Waals surface area contributed by atoms with E-state index in [-0.39, 0.29) is 42.6 Å². The third-order valence-electron chi connectivity index (χ3n) is 5.67. The van der Waals surface area contributed by atoms with Crippen LogP contribution in [0.15, 0.2) is 18.2 Å². The van der Waals surface area contributed by atoms with Crippen LogP contribution in [0.3, 0.4) is 0 Å². The summed E-state index contributed by atoms with van der Waals surface area (Å²) in [4.78, 5) is 39.5. The molecule has 3 rings (SSSR count). The van der Waals surface area contributed by atoms with Crippen LogP contribution >= 0.6 is 0 Å². The number of benzene rings is 1. The molecule has 46 heavy (non-hydrogen) atoms. The highest BCUT2D eigenvalue weighted by Crippen LogP contribution is 2.20. The average molecular weight is 655 g/mol. The van der Waals surface area contributed by atoms with E-state index in [0.29, 0.717) is 0 Å². The Bertz CT molecular complexity index is 1680. The summed E-state index contributed by atoms with van der Waals surface area (Å²) in [7, 11) is 0. The molecule has 0 aliphatic rings. The second-order valence-electron chi connectivity index (χ2n) is 8.91. The van der Waals surface area contributed by atoms with Gasteiger partial charge in [0.25, 0.3) is 23.8 Å². The summed E-state index contributed by atoms with van der Waals surface area (Å²) in [5.74, 6) is -8.77. The molecule has 0 spiro atoms. The first-order valence-electron chi connectivity index (χ1n) is 12.5. The number of rotatable bonds is 8. The maximum Gasteiger partial charge on any atom is 0.405 e. The zero-order valence-corrected chi connectivity index (χ0v) is 22.7. The number of hydrogen-bond acceptors (Lipinski definition) is 5. The van der Waals surface area contributed by atoms with Crippen LogP contribution in [0, 0.1) is 70.7 Å². The maximum absolute atomic E-state index is 14.1. The van der Waals surface area contributed by atoms with Crippen LogP contribution in [0.5, 0.6) is 0 Å². The van der Waals surface area contributed by atoms with Crippen molar-refractivity contribution in [3.05, 3.63) is 87.5 Å². The van der Waals surface area contributed by atoms with Gasteiger partial charge < -0.3 is 26.2 Å². The molecule has 18 heteroatoms. The van der Waals surface area contributed by atoms with Gasteiger partial charge in [0, 0.05) is 23.4 Å². The zero-order valence-electron chi connectivity index (χ0n) is 22.7. The Kier molecular flexibility index (Phi) is 11.4. The lowest BCUT2D eigenvalue weighted by Crippen LogP contribution is -2.43. The summed E-state index contributed by atoms with van der Waals surface area (Å²) in [5, 5.41) is 24.1. The van der Waals surface area contributed by atoms with E-state index < -0.39 is 82.3 Å². The minimum Gasteiger partial charge on any atom is -0.465 e. The number of carbonyl (C=O) groups is 3. The Hall–Kier alpha value is -5.91. The number of anilines is 1. The quantitative estimate of drug-likeness (QED) is 0.104. The van der Waals surface area contributed by atoms with E-state index in [1.54, 1.807) is 0 Å². The summed E-state index contributed by atoms with van der Waals surface area (Å²) in [5.41, 5.74) is -3.60. The van der Waals surface area contributed by atoms with Gasteiger partial charge >= 0.3 is 12.2 Å². The second kappa shape index (κ2) is 15.2. The van der Waals surface area contributed by atoms with Crippen molar-refractivity contribution in [1.29, 1.82) is 0 Å². The molecule has 0 saturated carbocycles. The van der Waals surface area contributed by atoms with Crippen molar-refractivity contribution < 1.29 is 59.7 Å². The van der Waals surface area contributed by atoms with Crippen LogP contribution in [0.4, 0.5) is 50.4 Å². The topological polar surface area (TPSA) is 154 Å². The van der Waals surface area contributed by atoms with Crippen LogP contribution in [-0.4, -0.2) is 50.9 Å². The molecule has 0 radical (unpaired) electrons.